The van der Waals surface area contributed by atoms with Gasteiger partial charge in [0.25, 0.3) is 0 Å². The van der Waals surface area contributed by atoms with Crippen molar-refractivity contribution < 1.29 is 9.13 Å². The second-order valence-electron chi connectivity index (χ2n) is 3.51. The summed E-state index contributed by atoms with van der Waals surface area (Å²) < 4.78 is 18.5. The van der Waals surface area contributed by atoms with Gasteiger partial charge in [-0.3, -0.25) is 0 Å². The Morgan fingerprint density at radius 2 is 2.12 bits per heavy atom. The zero-order chi connectivity index (χ0) is 12.3. The van der Waals surface area contributed by atoms with Gasteiger partial charge in [0.2, 0.25) is 5.88 Å². The van der Waals surface area contributed by atoms with Crippen LogP contribution in [0.15, 0.2) is 36.5 Å². The fourth-order valence-electron chi connectivity index (χ4n) is 1.33. The van der Waals surface area contributed by atoms with Crippen LogP contribution in [-0.4, -0.2) is 4.98 Å². The molecule has 0 saturated heterocycles. The van der Waals surface area contributed by atoms with Crippen LogP contribution >= 0.6 is 0 Å². The number of rotatable bonds is 2. The van der Waals surface area contributed by atoms with Crippen LogP contribution in [0.25, 0.3) is 0 Å². The van der Waals surface area contributed by atoms with E-state index in [-0.39, 0.29) is 11.7 Å². The summed E-state index contributed by atoms with van der Waals surface area (Å²) in [6, 6.07) is 9.34. The van der Waals surface area contributed by atoms with Crippen molar-refractivity contribution in [3.8, 4) is 17.7 Å². The molecule has 0 aliphatic rings. The molecule has 17 heavy (non-hydrogen) atoms. The van der Waals surface area contributed by atoms with Crippen molar-refractivity contribution in [2.24, 2.45) is 0 Å². The number of pyridine rings is 1. The summed E-state index contributed by atoms with van der Waals surface area (Å²) >= 11 is 0. The molecular weight excluding hydrogens is 219 g/mol. The molecule has 0 N–H and O–H groups in total. The monoisotopic (exact) mass is 228 g/mol. The third-order valence-electron chi connectivity index (χ3n) is 2.23. The number of hydrogen-bond acceptors (Lipinski definition) is 3. The molecule has 2 aromatic rings. The predicted octanol–water partition coefficient (Wildman–Crippen LogP) is 3.19. The maximum atomic E-state index is 13.0. The van der Waals surface area contributed by atoms with E-state index in [2.05, 4.69) is 4.98 Å². The zero-order valence-corrected chi connectivity index (χ0v) is 9.14. The van der Waals surface area contributed by atoms with Gasteiger partial charge >= 0.3 is 0 Å². The van der Waals surface area contributed by atoms with E-state index in [4.69, 9.17) is 10.00 Å². The topological polar surface area (TPSA) is 45.9 Å². The molecule has 1 aromatic heterocycles. The lowest BCUT2D eigenvalue weighted by molar-refractivity contribution is 0.454. The molecule has 1 heterocycles. The van der Waals surface area contributed by atoms with Crippen molar-refractivity contribution in [1.29, 1.82) is 5.26 Å². The molecule has 0 radical (unpaired) electrons. The lowest BCUT2D eigenvalue weighted by Crippen LogP contribution is -1.91. The number of aromatic nitrogens is 1. The molecule has 0 unspecified atom stereocenters. The Morgan fingerprint density at radius 1 is 1.29 bits per heavy atom. The first-order valence-electron chi connectivity index (χ1n) is 4.99. The molecule has 84 valence electrons. The van der Waals surface area contributed by atoms with E-state index in [1.807, 2.05) is 13.0 Å². The number of hydrogen-bond donors (Lipinski definition) is 0. The number of aryl methyl sites for hydroxylation is 1. The van der Waals surface area contributed by atoms with Gasteiger partial charge in [-0.15, -0.1) is 0 Å². The molecule has 0 spiro atoms. The first-order valence-corrected chi connectivity index (χ1v) is 4.99. The quantitative estimate of drug-likeness (QED) is 0.792. The maximum Gasteiger partial charge on any atom is 0.220 e. The molecule has 0 aliphatic heterocycles. The Balaban J connectivity index is 2.31. The molecule has 0 atom stereocenters. The summed E-state index contributed by atoms with van der Waals surface area (Å²) in [5.74, 6) is 0.298. The highest BCUT2D eigenvalue weighted by Gasteiger charge is 2.04. The molecule has 0 amide bonds. The number of benzene rings is 1. The van der Waals surface area contributed by atoms with Gasteiger partial charge in [-0.2, -0.15) is 5.26 Å². The standard InChI is InChI=1S/C13H9FN2O/c1-9-2-3-11(14)7-12(9)17-13-6-10(8-15)4-5-16-13/h2-7H,1H3. The maximum absolute atomic E-state index is 13.0. The van der Waals surface area contributed by atoms with Gasteiger partial charge < -0.3 is 4.74 Å². The third kappa shape index (κ3) is 2.58. The summed E-state index contributed by atoms with van der Waals surface area (Å²) in [5, 5.41) is 8.73. The fourth-order valence-corrected chi connectivity index (χ4v) is 1.33. The van der Waals surface area contributed by atoms with E-state index in [0.29, 0.717) is 11.3 Å². The summed E-state index contributed by atoms with van der Waals surface area (Å²) in [6.07, 6.45) is 1.47. The van der Waals surface area contributed by atoms with Crippen LogP contribution in [0.1, 0.15) is 11.1 Å². The average molecular weight is 228 g/mol. The van der Waals surface area contributed by atoms with Crippen LogP contribution in [0, 0.1) is 24.1 Å². The first-order chi connectivity index (χ1) is 8.19. The first kappa shape index (κ1) is 11.1. The van der Waals surface area contributed by atoms with E-state index in [0.717, 1.165) is 5.56 Å². The second-order valence-corrected chi connectivity index (χ2v) is 3.51. The smallest absolute Gasteiger partial charge is 0.220 e. The van der Waals surface area contributed by atoms with Crippen molar-refractivity contribution in [2.45, 2.75) is 6.92 Å². The van der Waals surface area contributed by atoms with Gasteiger partial charge in [-0.25, -0.2) is 9.37 Å². The van der Waals surface area contributed by atoms with Crippen molar-refractivity contribution in [3.63, 3.8) is 0 Å². The molecule has 0 aliphatic carbocycles. The lowest BCUT2D eigenvalue weighted by atomic mass is 10.2. The van der Waals surface area contributed by atoms with Crippen molar-refractivity contribution in [1.82, 2.24) is 4.98 Å². The Bertz CT molecular complexity index is 590. The van der Waals surface area contributed by atoms with Crippen LogP contribution < -0.4 is 4.74 Å². The highest BCUT2D eigenvalue weighted by Crippen LogP contribution is 2.24. The van der Waals surface area contributed by atoms with E-state index < -0.39 is 0 Å². The van der Waals surface area contributed by atoms with Gasteiger partial charge in [0, 0.05) is 18.3 Å². The normalized spacial score (nSPS) is 9.71. The van der Waals surface area contributed by atoms with Crippen LogP contribution in [0.3, 0.4) is 0 Å². The number of halogens is 1. The summed E-state index contributed by atoms with van der Waals surface area (Å²) in [5.41, 5.74) is 1.25. The zero-order valence-electron chi connectivity index (χ0n) is 9.14. The minimum atomic E-state index is -0.373. The van der Waals surface area contributed by atoms with Gasteiger partial charge in [0.05, 0.1) is 11.6 Å². The molecule has 0 saturated carbocycles. The molecule has 2 rings (SSSR count). The van der Waals surface area contributed by atoms with Crippen molar-refractivity contribution >= 4 is 0 Å². The molecule has 3 nitrogen and oxygen atoms in total. The van der Waals surface area contributed by atoms with Crippen LogP contribution in [0.5, 0.6) is 11.6 Å². The van der Waals surface area contributed by atoms with E-state index in [9.17, 15) is 4.39 Å². The molecular formula is C13H9FN2O. The van der Waals surface area contributed by atoms with Crippen molar-refractivity contribution in [2.75, 3.05) is 0 Å². The highest BCUT2D eigenvalue weighted by atomic mass is 19.1. The average Bonchev–Trinajstić information content (AvgIpc) is 2.34. The van der Waals surface area contributed by atoms with Crippen LogP contribution in [0.2, 0.25) is 0 Å². The van der Waals surface area contributed by atoms with Crippen LogP contribution in [-0.2, 0) is 0 Å². The molecule has 4 heteroatoms. The van der Waals surface area contributed by atoms with Gasteiger partial charge in [-0.05, 0) is 24.6 Å². The molecule has 1 aromatic carbocycles. The predicted molar refractivity (Wildman–Crippen MR) is 60.2 cm³/mol. The summed E-state index contributed by atoms with van der Waals surface area (Å²) in [4.78, 5) is 3.96. The van der Waals surface area contributed by atoms with E-state index in [1.165, 1.54) is 24.4 Å². The largest absolute Gasteiger partial charge is 0.439 e. The number of nitrogens with zero attached hydrogens (tertiary/aromatic N) is 2. The Labute approximate surface area is 98.1 Å². The second kappa shape index (κ2) is 4.62. The van der Waals surface area contributed by atoms with E-state index >= 15 is 0 Å². The van der Waals surface area contributed by atoms with Gasteiger partial charge in [0.1, 0.15) is 11.6 Å². The minimum Gasteiger partial charge on any atom is -0.439 e. The van der Waals surface area contributed by atoms with Gasteiger partial charge in [0.15, 0.2) is 0 Å². The SMILES string of the molecule is Cc1ccc(F)cc1Oc1cc(C#N)ccn1. The molecule has 0 fully saturated rings. The Hall–Kier alpha value is -2.41. The Kier molecular flexibility index (Phi) is 3.01. The number of nitriles is 1. The van der Waals surface area contributed by atoms with Crippen LogP contribution in [0.4, 0.5) is 4.39 Å². The third-order valence-corrected chi connectivity index (χ3v) is 2.23. The summed E-state index contributed by atoms with van der Waals surface area (Å²) in [6.45, 7) is 1.81. The van der Waals surface area contributed by atoms with Crippen molar-refractivity contribution in [3.05, 3.63) is 53.5 Å². The Morgan fingerprint density at radius 3 is 2.88 bits per heavy atom. The lowest BCUT2D eigenvalue weighted by Gasteiger charge is -2.07. The number of ether oxygens (including phenoxy) is 1. The fraction of sp³-hybridized carbons (Fsp3) is 0.0769. The van der Waals surface area contributed by atoms with E-state index in [1.54, 1.807) is 12.1 Å². The highest BCUT2D eigenvalue weighted by molar-refractivity contribution is 5.38. The van der Waals surface area contributed by atoms with Gasteiger partial charge in [-0.1, -0.05) is 6.07 Å². The molecule has 0 bridgehead atoms. The summed E-state index contributed by atoms with van der Waals surface area (Å²) in [7, 11) is 0. The minimum absolute atomic E-state index is 0.276.